The largest absolute Gasteiger partial charge is 0.496 e. The summed E-state index contributed by atoms with van der Waals surface area (Å²) in [4.78, 5) is 14.6. The molecule has 1 aliphatic heterocycles. The number of ether oxygens (including phenoxy) is 2. The molecule has 1 aromatic heterocycles. The minimum Gasteiger partial charge on any atom is -0.496 e. The highest BCUT2D eigenvalue weighted by atomic mass is 16.5. The molecule has 7 heteroatoms. The second kappa shape index (κ2) is 7.97. The minimum atomic E-state index is -0.834. The highest BCUT2D eigenvalue weighted by Crippen LogP contribution is 2.39. The van der Waals surface area contributed by atoms with Gasteiger partial charge in [0.2, 0.25) is 5.91 Å². The van der Waals surface area contributed by atoms with Gasteiger partial charge in [-0.05, 0) is 29.8 Å². The number of aliphatic hydroxyl groups is 1. The molecular formula is C22H23N3O4. The fourth-order valence-corrected chi connectivity index (χ4v) is 3.73. The number of hydrogen-bond donors (Lipinski definition) is 1. The molecule has 0 spiro atoms. The van der Waals surface area contributed by atoms with Crippen molar-refractivity contribution in [1.82, 2.24) is 14.7 Å². The molecule has 1 unspecified atom stereocenters. The summed E-state index contributed by atoms with van der Waals surface area (Å²) in [7, 11) is 3.14. The number of hydrogen-bond acceptors (Lipinski definition) is 5. The maximum Gasteiger partial charge on any atom is 0.227 e. The number of benzene rings is 2. The van der Waals surface area contributed by atoms with Crippen LogP contribution in [-0.4, -0.2) is 46.5 Å². The van der Waals surface area contributed by atoms with Crippen molar-refractivity contribution in [1.29, 1.82) is 0 Å². The number of amides is 1. The number of nitrogens with zero attached hydrogens (tertiary/aromatic N) is 3. The van der Waals surface area contributed by atoms with E-state index >= 15 is 0 Å². The number of carbonyl (C=O) groups excluding carboxylic acids is 1. The van der Waals surface area contributed by atoms with Crippen LogP contribution in [0.3, 0.4) is 0 Å². The zero-order valence-electron chi connectivity index (χ0n) is 16.4. The van der Waals surface area contributed by atoms with Gasteiger partial charge < -0.3 is 19.5 Å². The van der Waals surface area contributed by atoms with Crippen LogP contribution in [0.15, 0.2) is 54.9 Å². The van der Waals surface area contributed by atoms with E-state index in [4.69, 9.17) is 9.47 Å². The summed E-state index contributed by atoms with van der Waals surface area (Å²) >= 11 is 0. The first kappa shape index (κ1) is 19.0. The first-order chi connectivity index (χ1) is 14.1. The van der Waals surface area contributed by atoms with E-state index < -0.39 is 6.10 Å². The predicted molar refractivity (Wildman–Crippen MR) is 107 cm³/mol. The number of β-amino-alcohol motifs (C(OH)–C–C–N with tert-alkyl or cyclic N) is 1. The van der Waals surface area contributed by atoms with Crippen molar-refractivity contribution in [3.05, 3.63) is 71.5 Å². The standard InChI is InChI=1S/C22H23N3O4/c1-28-19-8-9-20(29-2)22-17(19)13-24(14-18(22)26)21(27)10-15-11-23-25(12-15)16-6-4-3-5-7-16/h3-9,11-12,18,26H,10,13-14H2,1-2H3. The first-order valence-electron chi connectivity index (χ1n) is 9.39. The first-order valence-corrected chi connectivity index (χ1v) is 9.39. The van der Waals surface area contributed by atoms with Crippen molar-refractivity contribution in [2.45, 2.75) is 19.1 Å². The number of aromatic nitrogens is 2. The lowest BCUT2D eigenvalue weighted by atomic mass is 9.95. The Kier molecular flexibility index (Phi) is 5.22. The van der Waals surface area contributed by atoms with E-state index in [1.165, 1.54) is 0 Å². The molecule has 1 N–H and O–H groups in total. The summed E-state index contributed by atoms with van der Waals surface area (Å²) in [6.45, 7) is 0.570. The molecule has 2 heterocycles. The van der Waals surface area contributed by atoms with Gasteiger partial charge in [0, 0.05) is 23.9 Å². The Morgan fingerprint density at radius 3 is 2.59 bits per heavy atom. The Morgan fingerprint density at radius 1 is 1.14 bits per heavy atom. The number of methoxy groups -OCH3 is 2. The van der Waals surface area contributed by atoms with Crippen LogP contribution in [0.2, 0.25) is 0 Å². The molecule has 0 saturated carbocycles. The molecule has 1 aliphatic rings. The van der Waals surface area contributed by atoms with E-state index in [-0.39, 0.29) is 18.9 Å². The third-order valence-corrected chi connectivity index (χ3v) is 5.15. The van der Waals surface area contributed by atoms with E-state index in [0.29, 0.717) is 23.6 Å². The van der Waals surface area contributed by atoms with Crippen molar-refractivity contribution in [3.63, 3.8) is 0 Å². The van der Waals surface area contributed by atoms with Crippen molar-refractivity contribution < 1.29 is 19.4 Å². The monoisotopic (exact) mass is 393 g/mol. The minimum absolute atomic E-state index is 0.0767. The highest BCUT2D eigenvalue weighted by Gasteiger charge is 2.31. The summed E-state index contributed by atoms with van der Waals surface area (Å²) in [6, 6.07) is 13.3. The summed E-state index contributed by atoms with van der Waals surface area (Å²) in [5.74, 6) is 1.16. The van der Waals surface area contributed by atoms with Gasteiger partial charge in [-0.1, -0.05) is 18.2 Å². The second-order valence-electron chi connectivity index (χ2n) is 6.96. The molecule has 3 aromatic rings. The molecular weight excluding hydrogens is 370 g/mol. The third kappa shape index (κ3) is 3.69. The van der Waals surface area contributed by atoms with Crippen LogP contribution >= 0.6 is 0 Å². The number of carbonyl (C=O) groups is 1. The lowest BCUT2D eigenvalue weighted by molar-refractivity contribution is -0.133. The summed E-state index contributed by atoms with van der Waals surface area (Å²) in [6.07, 6.45) is 2.93. The quantitative estimate of drug-likeness (QED) is 0.721. The van der Waals surface area contributed by atoms with Crippen LogP contribution in [0.5, 0.6) is 11.5 Å². The van der Waals surface area contributed by atoms with Gasteiger partial charge in [0.15, 0.2) is 0 Å². The Hall–Kier alpha value is -3.32. The van der Waals surface area contributed by atoms with E-state index in [2.05, 4.69) is 5.10 Å². The normalized spacial score (nSPS) is 15.7. The Labute approximate surface area is 169 Å². The summed E-state index contributed by atoms with van der Waals surface area (Å²) in [5, 5.41) is 15.0. The molecule has 7 nitrogen and oxygen atoms in total. The zero-order valence-corrected chi connectivity index (χ0v) is 16.4. The number of para-hydroxylation sites is 1. The smallest absolute Gasteiger partial charge is 0.227 e. The van der Waals surface area contributed by atoms with Gasteiger partial charge in [-0.3, -0.25) is 4.79 Å². The van der Waals surface area contributed by atoms with Gasteiger partial charge in [-0.15, -0.1) is 0 Å². The van der Waals surface area contributed by atoms with Crippen LogP contribution in [-0.2, 0) is 17.8 Å². The van der Waals surface area contributed by atoms with E-state index in [0.717, 1.165) is 16.8 Å². The lowest BCUT2D eigenvalue weighted by Crippen LogP contribution is -2.39. The highest BCUT2D eigenvalue weighted by molar-refractivity contribution is 5.79. The maximum absolute atomic E-state index is 12.9. The molecule has 150 valence electrons. The van der Waals surface area contributed by atoms with Crippen molar-refractivity contribution in [3.8, 4) is 17.2 Å². The summed E-state index contributed by atoms with van der Waals surface area (Å²) in [5.41, 5.74) is 3.22. The molecule has 0 radical (unpaired) electrons. The number of rotatable bonds is 5. The molecule has 29 heavy (non-hydrogen) atoms. The average molecular weight is 393 g/mol. The van der Waals surface area contributed by atoms with Gasteiger partial charge in [-0.25, -0.2) is 4.68 Å². The van der Waals surface area contributed by atoms with Crippen molar-refractivity contribution in [2.75, 3.05) is 20.8 Å². The maximum atomic E-state index is 12.9. The molecule has 4 rings (SSSR count). The fraction of sp³-hybridized carbons (Fsp3) is 0.273. The molecule has 0 aliphatic carbocycles. The Morgan fingerprint density at radius 2 is 1.86 bits per heavy atom. The van der Waals surface area contributed by atoms with Crippen LogP contribution in [0, 0.1) is 0 Å². The van der Waals surface area contributed by atoms with Crippen LogP contribution in [0.4, 0.5) is 0 Å². The molecule has 1 atom stereocenters. The Bertz CT molecular complexity index is 1020. The zero-order chi connectivity index (χ0) is 20.4. The van der Waals surface area contributed by atoms with Gasteiger partial charge >= 0.3 is 0 Å². The molecule has 2 aromatic carbocycles. The van der Waals surface area contributed by atoms with E-state index in [1.54, 1.807) is 42.1 Å². The van der Waals surface area contributed by atoms with E-state index in [9.17, 15) is 9.90 Å². The van der Waals surface area contributed by atoms with Gasteiger partial charge in [0.05, 0.1) is 39.1 Å². The molecule has 0 bridgehead atoms. The van der Waals surface area contributed by atoms with Gasteiger partial charge in [0.25, 0.3) is 0 Å². The average Bonchev–Trinajstić information content (AvgIpc) is 3.22. The van der Waals surface area contributed by atoms with E-state index in [1.807, 2.05) is 36.5 Å². The topological polar surface area (TPSA) is 76.8 Å². The molecule has 0 fully saturated rings. The third-order valence-electron chi connectivity index (χ3n) is 5.15. The summed E-state index contributed by atoms with van der Waals surface area (Å²) < 4.78 is 12.6. The SMILES string of the molecule is COc1ccc(OC)c2c1CN(C(=O)Cc1cnn(-c3ccccc3)c1)CC2O. The number of aliphatic hydroxyl groups excluding tert-OH is 1. The van der Waals surface area contributed by atoms with Gasteiger partial charge in [0.1, 0.15) is 17.6 Å². The van der Waals surface area contributed by atoms with Crippen molar-refractivity contribution in [2.24, 2.45) is 0 Å². The second-order valence-corrected chi connectivity index (χ2v) is 6.96. The van der Waals surface area contributed by atoms with Crippen molar-refractivity contribution >= 4 is 5.91 Å². The van der Waals surface area contributed by atoms with Crippen LogP contribution in [0.25, 0.3) is 5.69 Å². The van der Waals surface area contributed by atoms with Crippen LogP contribution in [0.1, 0.15) is 22.8 Å². The Balaban J connectivity index is 1.53. The molecule has 1 amide bonds. The predicted octanol–water partition coefficient (Wildman–Crippen LogP) is 2.51. The lowest BCUT2D eigenvalue weighted by Gasteiger charge is -2.34. The molecule has 0 saturated heterocycles. The fourth-order valence-electron chi connectivity index (χ4n) is 3.73. The number of fused-ring (bicyclic) bond motifs is 1. The van der Waals surface area contributed by atoms with Crippen LogP contribution < -0.4 is 9.47 Å². The van der Waals surface area contributed by atoms with Gasteiger partial charge in [-0.2, -0.15) is 5.10 Å².